The van der Waals surface area contributed by atoms with Crippen LogP contribution >= 0.6 is 0 Å². The molecule has 0 saturated carbocycles. The SMILES string of the molecule is CC(C)COc1cccc2c(C(N3CCC(=O)N3)C(F)(F)F)cccc12. The molecule has 1 atom stereocenters. The summed E-state index contributed by atoms with van der Waals surface area (Å²) in [6.45, 7) is 4.51. The summed E-state index contributed by atoms with van der Waals surface area (Å²) >= 11 is 0. The molecule has 2 aromatic rings. The van der Waals surface area contributed by atoms with Crippen molar-refractivity contribution in [1.29, 1.82) is 0 Å². The van der Waals surface area contributed by atoms with E-state index in [4.69, 9.17) is 4.74 Å². The van der Waals surface area contributed by atoms with Gasteiger partial charge in [-0.1, -0.05) is 44.2 Å². The number of rotatable bonds is 5. The summed E-state index contributed by atoms with van der Waals surface area (Å²) < 4.78 is 47.3. The van der Waals surface area contributed by atoms with Gasteiger partial charge in [0.2, 0.25) is 5.91 Å². The number of carbonyl (C=O) groups is 1. The predicted molar refractivity (Wildman–Crippen MR) is 92.5 cm³/mol. The van der Waals surface area contributed by atoms with Gasteiger partial charge in [-0.3, -0.25) is 10.2 Å². The topological polar surface area (TPSA) is 41.6 Å². The molecule has 1 unspecified atom stereocenters. The second-order valence-electron chi connectivity index (χ2n) is 6.83. The number of hydrogen-bond donors (Lipinski definition) is 1. The monoisotopic (exact) mass is 366 g/mol. The number of hydrogen-bond acceptors (Lipinski definition) is 3. The second-order valence-corrected chi connectivity index (χ2v) is 6.83. The maximum absolute atomic E-state index is 13.8. The molecule has 0 radical (unpaired) electrons. The first kappa shape index (κ1) is 18.5. The molecule has 0 bridgehead atoms. The van der Waals surface area contributed by atoms with Gasteiger partial charge in [-0.05, 0) is 22.9 Å². The predicted octanol–water partition coefficient (Wildman–Crippen LogP) is 4.21. The van der Waals surface area contributed by atoms with E-state index in [2.05, 4.69) is 5.43 Å². The molecule has 1 N–H and O–H groups in total. The first-order valence-electron chi connectivity index (χ1n) is 8.54. The minimum absolute atomic E-state index is 0.0168. The summed E-state index contributed by atoms with van der Waals surface area (Å²) in [5.41, 5.74) is 2.43. The first-order valence-corrected chi connectivity index (χ1v) is 8.54. The Morgan fingerprint density at radius 2 is 1.85 bits per heavy atom. The largest absolute Gasteiger partial charge is 0.493 e. The Kier molecular flexibility index (Phi) is 5.09. The molecule has 1 aliphatic rings. The summed E-state index contributed by atoms with van der Waals surface area (Å²) in [4.78, 5) is 11.4. The molecular formula is C19H21F3N2O2. The van der Waals surface area contributed by atoms with Gasteiger partial charge in [0.15, 0.2) is 6.04 Å². The summed E-state index contributed by atoms with van der Waals surface area (Å²) in [5.74, 6) is 0.459. The van der Waals surface area contributed by atoms with Crippen LogP contribution < -0.4 is 10.2 Å². The van der Waals surface area contributed by atoms with Crippen LogP contribution in [-0.4, -0.2) is 30.2 Å². The smallest absolute Gasteiger partial charge is 0.409 e. The Labute approximate surface area is 149 Å². The van der Waals surface area contributed by atoms with Crippen molar-refractivity contribution in [1.82, 2.24) is 10.4 Å². The molecule has 26 heavy (non-hydrogen) atoms. The van der Waals surface area contributed by atoms with Crippen molar-refractivity contribution in [2.45, 2.75) is 32.5 Å². The zero-order valence-corrected chi connectivity index (χ0v) is 14.6. The normalized spacial score (nSPS) is 16.9. The number of alkyl halides is 3. The third-order valence-corrected chi connectivity index (χ3v) is 4.25. The summed E-state index contributed by atoms with van der Waals surface area (Å²) in [7, 11) is 0. The molecule has 2 aromatic carbocycles. The van der Waals surface area contributed by atoms with Gasteiger partial charge in [0.25, 0.3) is 0 Å². The van der Waals surface area contributed by atoms with Crippen LogP contribution in [0.25, 0.3) is 10.8 Å². The average molecular weight is 366 g/mol. The van der Waals surface area contributed by atoms with Crippen molar-refractivity contribution in [3.8, 4) is 5.75 Å². The minimum atomic E-state index is -4.53. The van der Waals surface area contributed by atoms with Crippen molar-refractivity contribution in [3.63, 3.8) is 0 Å². The molecule has 1 heterocycles. The lowest BCUT2D eigenvalue weighted by Gasteiger charge is -2.30. The van der Waals surface area contributed by atoms with Crippen molar-refractivity contribution < 1.29 is 22.7 Å². The van der Waals surface area contributed by atoms with Crippen LogP contribution in [0.15, 0.2) is 36.4 Å². The molecule has 1 aliphatic heterocycles. The number of nitrogens with zero attached hydrogens (tertiary/aromatic N) is 1. The Bertz CT molecular complexity index is 805. The molecule has 1 saturated heterocycles. The molecule has 0 aromatic heterocycles. The Hall–Kier alpha value is -2.28. The Balaban J connectivity index is 2.07. The molecule has 0 spiro atoms. The maximum atomic E-state index is 13.8. The van der Waals surface area contributed by atoms with Crippen LogP contribution in [0, 0.1) is 5.92 Å². The number of nitrogens with one attached hydrogen (secondary N) is 1. The Morgan fingerprint density at radius 3 is 2.46 bits per heavy atom. The summed E-state index contributed by atoms with van der Waals surface area (Å²) in [6, 6.07) is 8.01. The Morgan fingerprint density at radius 1 is 1.15 bits per heavy atom. The molecular weight excluding hydrogens is 345 g/mol. The third kappa shape index (κ3) is 3.77. The fraction of sp³-hybridized carbons (Fsp3) is 0.421. The van der Waals surface area contributed by atoms with E-state index in [0.717, 1.165) is 5.01 Å². The van der Waals surface area contributed by atoms with E-state index in [0.29, 0.717) is 29.0 Å². The van der Waals surface area contributed by atoms with E-state index < -0.39 is 18.1 Å². The molecule has 3 rings (SSSR count). The van der Waals surface area contributed by atoms with E-state index in [1.165, 1.54) is 6.07 Å². The lowest BCUT2D eigenvalue weighted by Crippen LogP contribution is -2.43. The highest BCUT2D eigenvalue weighted by molar-refractivity contribution is 5.91. The van der Waals surface area contributed by atoms with Gasteiger partial charge in [0, 0.05) is 18.4 Å². The molecule has 140 valence electrons. The van der Waals surface area contributed by atoms with Crippen LogP contribution in [-0.2, 0) is 4.79 Å². The van der Waals surface area contributed by atoms with Gasteiger partial charge < -0.3 is 4.74 Å². The fourth-order valence-electron chi connectivity index (χ4n) is 3.13. The number of amides is 1. The molecule has 7 heteroatoms. The van der Waals surface area contributed by atoms with Crippen LogP contribution in [0.2, 0.25) is 0 Å². The average Bonchev–Trinajstić information content (AvgIpc) is 2.97. The van der Waals surface area contributed by atoms with Crippen molar-refractivity contribution in [3.05, 3.63) is 42.0 Å². The lowest BCUT2D eigenvalue weighted by molar-refractivity contribution is -0.190. The van der Waals surface area contributed by atoms with Gasteiger partial charge in [-0.2, -0.15) is 13.2 Å². The molecule has 0 aliphatic carbocycles. The summed E-state index contributed by atoms with van der Waals surface area (Å²) in [5, 5.41) is 2.07. The van der Waals surface area contributed by atoms with Crippen LogP contribution in [0.4, 0.5) is 13.2 Å². The van der Waals surface area contributed by atoms with Crippen molar-refractivity contribution >= 4 is 16.7 Å². The quantitative estimate of drug-likeness (QED) is 0.862. The summed E-state index contributed by atoms with van der Waals surface area (Å²) in [6.07, 6.45) is -4.47. The van der Waals surface area contributed by atoms with E-state index in [-0.39, 0.29) is 18.5 Å². The second kappa shape index (κ2) is 7.15. The zero-order chi connectivity index (χ0) is 18.9. The molecule has 1 fully saturated rings. The van der Waals surface area contributed by atoms with Crippen LogP contribution in [0.1, 0.15) is 31.9 Å². The van der Waals surface area contributed by atoms with Gasteiger partial charge in [0.05, 0.1) is 6.61 Å². The zero-order valence-electron chi connectivity index (χ0n) is 14.6. The lowest BCUT2D eigenvalue weighted by atomic mass is 9.97. The standard InChI is InChI=1S/C19H21F3N2O2/c1-12(2)11-26-16-8-4-5-13-14(16)6-3-7-15(13)18(19(20,21)22)24-10-9-17(25)23-24/h3-8,12,18H,9-11H2,1-2H3,(H,23,25). The van der Waals surface area contributed by atoms with Crippen LogP contribution in [0.5, 0.6) is 5.75 Å². The number of hydrazine groups is 1. The van der Waals surface area contributed by atoms with E-state index in [1.807, 2.05) is 13.8 Å². The van der Waals surface area contributed by atoms with Crippen molar-refractivity contribution in [2.24, 2.45) is 5.92 Å². The van der Waals surface area contributed by atoms with Gasteiger partial charge in [-0.15, -0.1) is 0 Å². The van der Waals surface area contributed by atoms with Gasteiger partial charge >= 0.3 is 6.18 Å². The molecule has 1 amide bonds. The van der Waals surface area contributed by atoms with E-state index in [9.17, 15) is 18.0 Å². The third-order valence-electron chi connectivity index (χ3n) is 4.25. The molecule has 4 nitrogen and oxygen atoms in total. The van der Waals surface area contributed by atoms with Crippen molar-refractivity contribution in [2.75, 3.05) is 13.2 Å². The number of fused-ring (bicyclic) bond motifs is 1. The highest BCUT2D eigenvalue weighted by Gasteiger charge is 2.47. The highest BCUT2D eigenvalue weighted by atomic mass is 19.4. The fourth-order valence-corrected chi connectivity index (χ4v) is 3.13. The number of carbonyl (C=O) groups excluding carboxylic acids is 1. The van der Waals surface area contributed by atoms with Crippen LogP contribution in [0.3, 0.4) is 0 Å². The van der Waals surface area contributed by atoms with Gasteiger partial charge in [-0.25, -0.2) is 5.01 Å². The van der Waals surface area contributed by atoms with Gasteiger partial charge in [0.1, 0.15) is 5.75 Å². The number of ether oxygens (including phenoxy) is 1. The first-order chi connectivity index (χ1) is 12.3. The maximum Gasteiger partial charge on any atom is 0.409 e. The minimum Gasteiger partial charge on any atom is -0.493 e. The van der Waals surface area contributed by atoms with E-state index in [1.54, 1.807) is 30.3 Å². The number of halogens is 3. The number of benzene rings is 2. The highest BCUT2D eigenvalue weighted by Crippen LogP contribution is 2.42. The van der Waals surface area contributed by atoms with E-state index >= 15 is 0 Å².